The molecular weight excluding hydrogens is 372 g/mol. The number of fused-ring (bicyclic) bond motifs is 5. The molecule has 0 aromatic carbocycles. The van der Waals surface area contributed by atoms with E-state index in [2.05, 4.69) is 34.6 Å². The van der Waals surface area contributed by atoms with Gasteiger partial charge in [0, 0.05) is 6.42 Å². The van der Waals surface area contributed by atoms with Crippen molar-refractivity contribution in [2.45, 2.75) is 105 Å². The average molecular weight is 419 g/mol. The molecule has 4 rings (SSSR count). The normalized spacial score (nSPS) is 51.5. The minimum atomic E-state index is -0.663. The largest absolute Gasteiger partial charge is 0.481 e. The van der Waals surface area contributed by atoms with E-state index in [0.29, 0.717) is 53.3 Å². The highest BCUT2D eigenvalue weighted by molar-refractivity contribution is 5.66. The zero-order valence-corrected chi connectivity index (χ0v) is 20.1. The van der Waals surface area contributed by atoms with Gasteiger partial charge in [-0.2, -0.15) is 0 Å². The first-order chi connectivity index (χ1) is 14.1. The van der Waals surface area contributed by atoms with E-state index in [-0.39, 0.29) is 11.5 Å². The summed E-state index contributed by atoms with van der Waals surface area (Å²) in [5.74, 6) is 4.14. The minimum absolute atomic E-state index is 0.138. The van der Waals surface area contributed by atoms with Crippen molar-refractivity contribution in [3.05, 3.63) is 0 Å². The summed E-state index contributed by atoms with van der Waals surface area (Å²) in [6, 6.07) is 0. The highest BCUT2D eigenvalue weighted by Crippen LogP contribution is 2.69. The number of hydrogen-bond donors (Lipinski definition) is 2. The first-order valence-electron chi connectivity index (χ1n) is 13.0. The molecule has 30 heavy (non-hydrogen) atoms. The molecule has 4 unspecified atom stereocenters. The average Bonchev–Trinajstić information content (AvgIpc) is 3.05. The van der Waals surface area contributed by atoms with Gasteiger partial charge in [0.15, 0.2) is 0 Å². The van der Waals surface area contributed by atoms with Crippen LogP contribution in [0.3, 0.4) is 0 Å². The molecule has 0 radical (unpaired) electrons. The second-order valence-electron chi connectivity index (χ2n) is 12.5. The van der Waals surface area contributed by atoms with Crippen LogP contribution in [0.1, 0.15) is 98.8 Å². The highest BCUT2D eigenvalue weighted by atomic mass is 16.4. The summed E-state index contributed by atoms with van der Waals surface area (Å²) in [6.07, 6.45) is 11.1. The lowest BCUT2D eigenvalue weighted by molar-refractivity contribution is -0.198. The zero-order chi connectivity index (χ0) is 21.8. The van der Waals surface area contributed by atoms with E-state index in [1.807, 2.05) is 0 Å². The van der Waals surface area contributed by atoms with E-state index in [1.54, 1.807) is 0 Å². The summed E-state index contributed by atoms with van der Waals surface area (Å²) >= 11 is 0. The number of carboxylic acids is 1. The first kappa shape index (κ1) is 22.6. The molecule has 4 saturated carbocycles. The predicted octanol–water partition coefficient (Wildman–Crippen LogP) is 6.39. The van der Waals surface area contributed by atoms with Gasteiger partial charge in [-0.1, -0.05) is 47.5 Å². The Morgan fingerprint density at radius 3 is 2.37 bits per heavy atom. The number of aliphatic hydroxyl groups excluding tert-OH is 1. The van der Waals surface area contributed by atoms with Crippen LogP contribution in [0.25, 0.3) is 0 Å². The highest BCUT2D eigenvalue weighted by Gasteiger charge is 2.64. The standard InChI is InChI=1S/C27H46O3/c1-6-18-22-15-16(2)11-13-27(22,5)21-12-14-26(4)19(17(3)7-10-23(28)29)8-9-20(26)24(21)25(18)30/h16-22,24-25,30H,6-15H2,1-5H3,(H,28,29)/t16-,17-,18-,19?,20+,21+,22?,24+,25-,26?,27?/m1/s1. The molecule has 4 fully saturated rings. The third kappa shape index (κ3) is 3.37. The summed E-state index contributed by atoms with van der Waals surface area (Å²) in [7, 11) is 0. The maximum atomic E-state index is 11.8. The van der Waals surface area contributed by atoms with Crippen LogP contribution in [0.5, 0.6) is 0 Å². The number of rotatable bonds is 5. The number of aliphatic carboxylic acids is 1. The smallest absolute Gasteiger partial charge is 0.303 e. The Bertz CT molecular complexity index is 646. The zero-order valence-electron chi connectivity index (χ0n) is 20.1. The van der Waals surface area contributed by atoms with Crippen LogP contribution in [-0.2, 0) is 4.79 Å². The summed E-state index contributed by atoms with van der Waals surface area (Å²) in [5.41, 5.74) is 0.689. The monoisotopic (exact) mass is 418 g/mol. The fourth-order valence-corrected chi connectivity index (χ4v) is 9.71. The summed E-state index contributed by atoms with van der Waals surface area (Å²) in [6.45, 7) is 12.1. The van der Waals surface area contributed by atoms with Crippen LogP contribution in [0, 0.1) is 58.2 Å². The Morgan fingerprint density at radius 2 is 1.70 bits per heavy atom. The minimum Gasteiger partial charge on any atom is -0.481 e. The van der Waals surface area contributed by atoms with Gasteiger partial charge in [-0.15, -0.1) is 0 Å². The predicted molar refractivity (Wildman–Crippen MR) is 121 cm³/mol. The van der Waals surface area contributed by atoms with E-state index < -0.39 is 5.97 Å². The fraction of sp³-hybridized carbons (Fsp3) is 0.963. The van der Waals surface area contributed by atoms with Gasteiger partial charge in [-0.25, -0.2) is 0 Å². The number of aliphatic hydroxyl groups is 1. The first-order valence-corrected chi connectivity index (χ1v) is 13.0. The Balaban J connectivity index is 1.61. The summed E-state index contributed by atoms with van der Waals surface area (Å²) in [5, 5.41) is 21.0. The van der Waals surface area contributed by atoms with Gasteiger partial charge >= 0.3 is 5.97 Å². The van der Waals surface area contributed by atoms with Gasteiger partial charge < -0.3 is 10.2 Å². The Morgan fingerprint density at radius 1 is 1.03 bits per heavy atom. The third-order valence-electron chi connectivity index (χ3n) is 11.3. The van der Waals surface area contributed by atoms with Crippen molar-refractivity contribution in [3.8, 4) is 0 Å². The van der Waals surface area contributed by atoms with Gasteiger partial charge in [0.05, 0.1) is 6.10 Å². The van der Waals surface area contributed by atoms with Crippen molar-refractivity contribution in [2.75, 3.05) is 0 Å². The topological polar surface area (TPSA) is 57.5 Å². The molecule has 11 atom stereocenters. The Kier molecular flexibility index (Phi) is 6.10. The van der Waals surface area contributed by atoms with Crippen LogP contribution in [-0.4, -0.2) is 22.3 Å². The van der Waals surface area contributed by atoms with Crippen LogP contribution in [0.2, 0.25) is 0 Å². The van der Waals surface area contributed by atoms with E-state index in [4.69, 9.17) is 0 Å². The lowest BCUT2D eigenvalue weighted by atomic mass is 9.41. The van der Waals surface area contributed by atoms with Crippen molar-refractivity contribution in [2.24, 2.45) is 58.2 Å². The maximum Gasteiger partial charge on any atom is 0.303 e. The van der Waals surface area contributed by atoms with Crippen LogP contribution in [0.15, 0.2) is 0 Å². The molecule has 0 heterocycles. The SMILES string of the molecule is CC[C@@H]1C2C[C@H](C)CCC2(C)[C@H]2CCC3(C)C([C@H](C)CCC(=O)O)CC[C@H]3[C@@H]2[C@@H]1O. The van der Waals surface area contributed by atoms with Crippen molar-refractivity contribution in [1.29, 1.82) is 0 Å². The second kappa shape index (κ2) is 8.09. The van der Waals surface area contributed by atoms with Crippen molar-refractivity contribution >= 4 is 5.97 Å². The molecule has 0 spiro atoms. The molecule has 4 aliphatic rings. The fourth-order valence-electron chi connectivity index (χ4n) is 9.71. The molecule has 4 aliphatic carbocycles. The molecule has 0 bridgehead atoms. The second-order valence-corrected chi connectivity index (χ2v) is 12.5. The van der Waals surface area contributed by atoms with E-state index in [1.165, 1.54) is 44.9 Å². The number of carbonyl (C=O) groups is 1. The number of carboxylic acid groups (broad SMARTS) is 1. The summed E-state index contributed by atoms with van der Waals surface area (Å²) < 4.78 is 0. The lowest BCUT2D eigenvalue weighted by Gasteiger charge is -2.65. The van der Waals surface area contributed by atoms with Crippen molar-refractivity contribution < 1.29 is 15.0 Å². The Labute approximate surface area is 184 Å². The molecule has 172 valence electrons. The molecule has 3 nitrogen and oxygen atoms in total. The summed E-state index contributed by atoms with van der Waals surface area (Å²) in [4.78, 5) is 11.1. The van der Waals surface area contributed by atoms with Gasteiger partial charge in [0.2, 0.25) is 0 Å². The van der Waals surface area contributed by atoms with E-state index in [9.17, 15) is 15.0 Å². The van der Waals surface area contributed by atoms with Gasteiger partial charge in [-0.3, -0.25) is 4.79 Å². The molecular formula is C27H46O3. The molecule has 3 heteroatoms. The van der Waals surface area contributed by atoms with Crippen LogP contribution < -0.4 is 0 Å². The van der Waals surface area contributed by atoms with Crippen LogP contribution >= 0.6 is 0 Å². The molecule has 0 amide bonds. The number of hydrogen-bond acceptors (Lipinski definition) is 2. The molecule has 0 aromatic rings. The van der Waals surface area contributed by atoms with Gasteiger partial charge in [0.1, 0.15) is 0 Å². The van der Waals surface area contributed by atoms with Gasteiger partial charge in [-0.05, 0) is 103 Å². The molecule has 0 aliphatic heterocycles. The van der Waals surface area contributed by atoms with Crippen molar-refractivity contribution in [3.63, 3.8) is 0 Å². The molecule has 0 aromatic heterocycles. The maximum absolute atomic E-state index is 11.8. The molecule has 0 saturated heterocycles. The molecule has 2 N–H and O–H groups in total. The quantitative estimate of drug-likeness (QED) is 0.544. The Hall–Kier alpha value is -0.570. The third-order valence-corrected chi connectivity index (χ3v) is 11.3. The van der Waals surface area contributed by atoms with E-state index in [0.717, 1.165) is 18.8 Å². The lowest BCUT2D eigenvalue weighted by Crippen LogP contribution is -2.61. The van der Waals surface area contributed by atoms with Crippen molar-refractivity contribution in [1.82, 2.24) is 0 Å². The van der Waals surface area contributed by atoms with E-state index >= 15 is 0 Å². The van der Waals surface area contributed by atoms with Gasteiger partial charge in [0.25, 0.3) is 0 Å². The van der Waals surface area contributed by atoms with Crippen LogP contribution in [0.4, 0.5) is 0 Å².